The second-order valence-corrected chi connectivity index (χ2v) is 5.73. The molecule has 1 rings (SSSR count). The van der Waals surface area contributed by atoms with Gasteiger partial charge in [-0.3, -0.25) is 4.79 Å². The number of carboxylic acids is 1. The van der Waals surface area contributed by atoms with Crippen LogP contribution in [0, 0.1) is 12.3 Å². The van der Waals surface area contributed by atoms with E-state index >= 15 is 0 Å². The van der Waals surface area contributed by atoms with Gasteiger partial charge in [-0.15, -0.1) is 6.42 Å². The third kappa shape index (κ3) is 4.81. The quantitative estimate of drug-likeness (QED) is 0.759. The highest BCUT2D eigenvalue weighted by Crippen LogP contribution is 2.09. The van der Waals surface area contributed by atoms with Crippen LogP contribution in [0.15, 0.2) is 24.3 Å². The van der Waals surface area contributed by atoms with Crippen molar-refractivity contribution in [3.8, 4) is 12.3 Å². The fraction of sp³-hybridized carbons (Fsp3) is 0.167. The Morgan fingerprint density at radius 1 is 1.26 bits per heavy atom. The Balaban J connectivity index is 2.68. The van der Waals surface area contributed by atoms with Crippen LogP contribution in [0.3, 0.4) is 0 Å². The standard InChI is InChI=1S/C12H11NO5S/c1-2-7-19(17,18)8-11(14)13-10-5-3-9(4-6-10)12(15)16/h1,3-6H,7-8H2,(H,13,14)(H,15,16). The van der Waals surface area contributed by atoms with E-state index in [0.717, 1.165) is 0 Å². The number of carbonyl (C=O) groups excluding carboxylic acids is 1. The Kier molecular flexibility index (Phi) is 4.67. The van der Waals surface area contributed by atoms with E-state index in [-0.39, 0.29) is 5.56 Å². The zero-order chi connectivity index (χ0) is 14.5. The van der Waals surface area contributed by atoms with Gasteiger partial charge in [0.1, 0.15) is 11.5 Å². The van der Waals surface area contributed by atoms with Crippen LogP contribution in [0.1, 0.15) is 10.4 Å². The predicted molar refractivity (Wildman–Crippen MR) is 69.5 cm³/mol. The number of benzene rings is 1. The van der Waals surface area contributed by atoms with Gasteiger partial charge in [0.2, 0.25) is 5.91 Å². The molecule has 0 saturated carbocycles. The van der Waals surface area contributed by atoms with Gasteiger partial charge in [-0.2, -0.15) is 0 Å². The molecule has 19 heavy (non-hydrogen) atoms. The van der Waals surface area contributed by atoms with E-state index in [2.05, 4.69) is 5.32 Å². The van der Waals surface area contributed by atoms with Crippen LogP contribution in [0.4, 0.5) is 5.69 Å². The number of hydrogen-bond acceptors (Lipinski definition) is 4. The molecule has 1 amide bonds. The second-order valence-electron chi connectivity index (χ2n) is 3.67. The summed E-state index contributed by atoms with van der Waals surface area (Å²) in [5.74, 6) is -1.06. The summed E-state index contributed by atoms with van der Waals surface area (Å²) in [6.07, 6.45) is 4.87. The molecule has 0 saturated heterocycles. The molecule has 0 bridgehead atoms. The number of aromatic carboxylic acids is 1. The number of sulfone groups is 1. The maximum Gasteiger partial charge on any atom is 0.335 e. The highest BCUT2D eigenvalue weighted by molar-refractivity contribution is 7.92. The molecule has 100 valence electrons. The molecule has 0 aromatic heterocycles. The number of carbonyl (C=O) groups is 2. The first kappa shape index (κ1) is 14.7. The number of nitrogens with one attached hydrogen (secondary N) is 1. The molecule has 0 spiro atoms. The molecule has 7 heteroatoms. The first-order valence-electron chi connectivity index (χ1n) is 5.11. The molecule has 0 aliphatic carbocycles. The number of anilines is 1. The number of hydrogen-bond donors (Lipinski definition) is 2. The van der Waals surface area contributed by atoms with Crippen LogP contribution in [0.2, 0.25) is 0 Å². The summed E-state index contributed by atoms with van der Waals surface area (Å²) in [5, 5.41) is 11.0. The maximum absolute atomic E-state index is 11.4. The lowest BCUT2D eigenvalue weighted by Gasteiger charge is -2.05. The first-order valence-corrected chi connectivity index (χ1v) is 6.93. The lowest BCUT2D eigenvalue weighted by Crippen LogP contribution is -2.24. The van der Waals surface area contributed by atoms with Crippen molar-refractivity contribution in [1.29, 1.82) is 0 Å². The molecule has 0 aliphatic rings. The molecule has 0 heterocycles. The van der Waals surface area contributed by atoms with Gasteiger partial charge < -0.3 is 10.4 Å². The molecule has 0 aliphatic heterocycles. The number of terminal acetylenes is 1. The van der Waals surface area contributed by atoms with Crippen LogP contribution in [0.5, 0.6) is 0 Å². The Bertz CT molecular complexity index is 625. The van der Waals surface area contributed by atoms with Crippen LogP contribution in [-0.4, -0.2) is 36.9 Å². The normalized spacial score (nSPS) is 10.5. The van der Waals surface area contributed by atoms with Gasteiger partial charge in [-0.05, 0) is 24.3 Å². The molecule has 0 unspecified atom stereocenters. The van der Waals surface area contributed by atoms with Gasteiger partial charge in [-0.1, -0.05) is 5.92 Å². The number of carboxylic acid groups (broad SMARTS) is 1. The van der Waals surface area contributed by atoms with E-state index in [1.807, 2.05) is 5.92 Å². The van der Waals surface area contributed by atoms with E-state index in [1.165, 1.54) is 24.3 Å². The van der Waals surface area contributed by atoms with Crippen LogP contribution < -0.4 is 5.32 Å². The zero-order valence-electron chi connectivity index (χ0n) is 9.79. The Labute approximate surface area is 110 Å². The molecular formula is C12H11NO5S. The highest BCUT2D eigenvalue weighted by Gasteiger charge is 2.15. The fourth-order valence-corrected chi connectivity index (χ4v) is 2.10. The monoisotopic (exact) mass is 281 g/mol. The summed E-state index contributed by atoms with van der Waals surface area (Å²) in [7, 11) is -3.61. The summed E-state index contributed by atoms with van der Waals surface area (Å²) in [6, 6.07) is 5.34. The minimum absolute atomic E-state index is 0.0675. The first-order chi connectivity index (χ1) is 8.84. The van der Waals surface area contributed by atoms with Crippen molar-refractivity contribution in [3.63, 3.8) is 0 Å². The molecule has 0 fully saturated rings. The van der Waals surface area contributed by atoms with E-state index in [9.17, 15) is 18.0 Å². The van der Waals surface area contributed by atoms with Gasteiger partial charge >= 0.3 is 5.97 Å². The zero-order valence-corrected chi connectivity index (χ0v) is 10.6. The average Bonchev–Trinajstić information content (AvgIpc) is 2.28. The smallest absolute Gasteiger partial charge is 0.335 e. The van der Waals surface area contributed by atoms with E-state index in [0.29, 0.717) is 5.69 Å². The van der Waals surface area contributed by atoms with Crippen LogP contribution in [-0.2, 0) is 14.6 Å². The van der Waals surface area contributed by atoms with Crippen molar-refractivity contribution in [3.05, 3.63) is 29.8 Å². The Hall–Kier alpha value is -2.33. The van der Waals surface area contributed by atoms with Crippen molar-refractivity contribution < 1.29 is 23.1 Å². The van der Waals surface area contributed by atoms with E-state index < -0.39 is 33.2 Å². The van der Waals surface area contributed by atoms with Gasteiger partial charge in [0.25, 0.3) is 0 Å². The van der Waals surface area contributed by atoms with Gasteiger partial charge in [0.05, 0.1) is 5.56 Å². The predicted octanol–water partition coefficient (Wildman–Crippen LogP) is 0.371. The van der Waals surface area contributed by atoms with E-state index in [4.69, 9.17) is 11.5 Å². The number of rotatable bonds is 5. The maximum atomic E-state index is 11.4. The van der Waals surface area contributed by atoms with Crippen molar-refractivity contribution in [2.24, 2.45) is 0 Å². The minimum atomic E-state index is -3.61. The van der Waals surface area contributed by atoms with Gasteiger partial charge in [-0.25, -0.2) is 13.2 Å². The van der Waals surface area contributed by atoms with Gasteiger partial charge in [0.15, 0.2) is 9.84 Å². The third-order valence-electron chi connectivity index (χ3n) is 2.07. The van der Waals surface area contributed by atoms with Crippen molar-refractivity contribution in [2.75, 3.05) is 16.8 Å². The number of amides is 1. The molecule has 0 radical (unpaired) electrons. The van der Waals surface area contributed by atoms with Crippen molar-refractivity contribution in [1.82, 2.24) is 0 Å². The summed E-state index contributed by atoms with van der Waals surface area (Å²) in [4.78, 5) is 22.1. The molecule has 1 aromatic carbocycles. The fourth-order valence-electron chi connectivity index (χ4n) is 1.27. The minimum Gasteiger partial charge on any atom is -0.478 e. The summed E-state index contributed by atoms with van der Waals surface area (Å²) in [6.45, 7) is 0. The van der Waals surface area contributed by atoms with Crippen LogP contribution in [0.25, 0.3) is 0 Å². The topological polar surface area (TPSA) is 101 Å². The molecule has 2 N–H and O–H groups in total. The molecule has 6 nitrogen and oxygen atoms in total. The molecule has 1 aromatic rings. The Morgan fingerprint density at radius 2 is 1.84 bits per heavy atom. The van der Waals surface area contributed by atoms with Crippen molar-refractivity contribution in [2.45, 2.75) is 0 Å². The lowest BCUT2D eigenvalue weighted by atomic mass is 10.2. The van der Waals surface area contributed by atoms with E-state index in [1.54, 1.807) is 0 Å². The average molecular weight is 281 g/mol. The van der Waals surface area contributed by atoms with Crippen molar-refractivity contribution >= 4 is 27.4 Å². The highest BCUT2D eigenvalue weighted by atomic mass is 32.2. The Morgan fingerprint density at radius 3 is 2.32 bits per heavy atom. The molecular weight excluding hydrogens is 270 g/mol. The van der Waals surface area contributed by atoms with Crippen LogP contribution >= 0.6 is 0 Å². The van der Waals surface area contributed by atoms with Gasteiger partial charge in [0, 0.05) is 5.69 Å². The third-order valence-corrected chi connectivity index (χ3v) is 3.38. The summed E-state index contributed by atoms with van der Waals surface area (Å²) in [5.41, 5.74) is 0.379. The summed E-state index contributed by atoms with van der Waals surface area (Å²) < 4.78 is 22.6. The SMILES string of the molecule is C#CCS(=O)(=O)CC(=O)Nc1ccc(C(=O)O)cc1. The lowest BCUT2D eigenvalue weighted by molar-refractivity contribution is -0.113. The summed E-state index contributed by atoms with van der Waals surface area (Å²) >= 11 is 0. The molecule has 0 atom stereocenters. The second kappa shape index (κ2) is 6.02. The largest absolute Gasteiger partial charge is 0.478 e.